The maximum Gasteiger partial charge on any atom is 0.352 e. The Morgan fingerprint density at radius 1 is 1.44 bits per heavy atom. The molecule has 1 aromatic carbocycles. The molecule has 1 fully saturated rings. The van der Waals surface area contributed by atoms with Gasteiger partial charge in [0.05, 0.1) is 29.4 Å². The highest BCUT2D eigenvalue weighted by atomic mass is 16.6. The minimum Gasteiger partial charge on any atom is -0.479 e. The molecule has 0 aliphatic carbocycles. The van der Waals surface area contributed by atoms with E-state index in [9.17, 15) is 25.1 Å². The molecule has 2 aromatic rings. The van der Waals surface area contributed by atoms with Gasteiger partial charge in [0, 0.05) is 17.9 Å². The minimum atomic E-state index is -1.29. The summed E-state index contributed by atoms with van der Waals surface area (Å²) in [6.07, 6.45) is -1.27. The predicted molar refractivity (Wildman–Crippen MR) is 115 cm³/mol. The molecule has 1 aliphatic heterocycles. The normalized spacial score (nSPS) is 24.3. The fraction of sp³-hybridized carbons (Fsp3) is 0.524. The topological polar surface area (TPSA) is 163 Å². The number of hydrogen-bond donors (Lipinski definition) is 3. The van der Waals surface area contributed by atoms with Gasteiger partial charge in [0.2, 0.25) is 0 Å². The van der Waals surface area contributed by atoms with Crippen molar-refractivity contribution >= 4 is 11.5 Å². The third kappa shape index (κ3) is 4.45. The van der Waals surface area contributed by atoms with Crippen LogP contribution in [0.15, 0.2) is 35.3 Å². The van der Waals surface area contributed by atoms with Gasteiger partial charge < -0.3 is 25.4 Å². The van der Waals surface area contributed by atoms with Crippen LogP contribution in [0.1, 0.15) is 45.8 Å². The van der Waals surface area contributed by atoms with Gasteiger partial charge in [-0.2, -0.15) is 4.98 Å². The number of benzene rings is 1. The molecular formula is C21H28N4O7. The second-order valence-corrected chi connectivity index (χ2v) is 9.11. The average molecular weight is 448 g/mol. The molecule has 0 unspecified atom stereocenters. The Morgan fingerprint density at radius 3 is 2.66 bits per heavy atom. The number of para-hydroxylation sites is 1. The number of aromatic nitrogens is 2. The largest absolute Gasteiger partial charge is 0.479 e. The molecule has 11 heteroatoms. The maximum atomic E-state index is 12.6. The number of nitrogens with zero attached hydrogens (tertiary/aromatic N) is 3. The van der Waals surface area contributed by atoms with Gasteiger partial charge in [-0.1, -0.05) is 32.9 Å². The molecule has 4 atom stereocenters. The first kappa shape index (κ1) is 23.6. The van der Waals surface area contributed by atoms with E-state index in [-0.39, 0.29) is 23.7 Å². The first-order valence-corrected chi connectivity index (χ1v) is 10.1. The van der Waals surface area contributed by atoms with Crippen LogP contribution in [0, 0.1) is 15.5 Å². The Labute approximate surface area is 184 Å². The summed E-state index contributed by atoms with van der Waals surface area (Å²) in [6.45, 7) is 6.74. The molecule has 32 heavy (non-hydrogen) atoms. The minimum absolute atomic E-state index is 0.0365. The van der Waals surface area contributed by atoms with Crippen LogP contribution in [0.4, 0.5) is 11.5 Å². The fourth-order valence-corrected chi connectivity index (χ4v) is 3.88. The lowest BCUT2D eigenvalue weighted by Crippen LogP contribution is -2.40. The zero-order valence-corrected chi connectivity index (χ0v) is 18.4. The molecule has 4 N–H and O–H groups in total. The second kappa shape index (κ2) is 8.49. The zero-order chi connectivity index (χ0) is 23.8. The van der Waals surface area contributed by atoms with E-state index in [1.54, 1.807) is 25.1 Å². The van der Waals surface area contributed by atoms with E-state index in [1.165, 1.54) is 12.3 Å². The van der Waals surface area contributed by atoms with Crippen molar-refractivity contribution in [2.24, 2.45) is 5.41 Å². The molecule has 1 saturated heterocycles. The molecule has 0 bridgehead atoms. The van der Waals surface area contributed by atoms with Crippen LogP contribution < -0.4 is 16.2 Å². The number of nitro groups is 1. The van der Waals surface area contributed by atoms with E-state index in [4.69, 9.17) is 15.2 Å². The van der Waals surface area contributed by atoms with Crippen molar-refractivity contribution < 1.29 is 24.6 Å². The Morgan fingerprint density at radius 2 is 2.09 bits per heavy atom. The Hall–Kier alpha value is -3.02. The zero-order valence-electron chi connectivity index (χ0n) is 18.4. The third-order valence-corrected chi connectivity index (χ3v) is 5.48. The molecule has 174 valence electrons. The van der Waals surface area contributed by atoms with Crippen molar-refractivity contribution in [3.05, 3.63) is 56.6 Å². The van der Waals surface area contributed by atoms with Crippen LogP contribution in [-0.2, 0) is 10.5 Å². The van der Waals surface area contributed by atoms with Gasteiger partial charge in [0.15, 0.2) is 11.6 Å². The van der Waals surface area contributed by atoms with Gasteiger partial charge in [-0.05, 0) is 13.0 Å². The first-order chi connectivity index (χ1) is 14.9. The van der Waals surface area contributed by atoms with Crippen LogP contribution >= 0.6 is 0 Å². The van der Waals surface area contributed by atoms with Crippen LogP contribution in [-0.4, -0.2) is 43.5 Å². The van der Waals surface area contributed by atoms with Crippen LogP contribution in [0.5, 0.6) is 5.75 Å². The molecule has 1 aliphatic rings. The van der Waals surface area contributed by atoms with Gasteiger partial charge in [-0.25, -0.2) is 4.79 Å². The summed E-state index contributed by atoms with van der Waals surface area (Å²) in [5, 5.41) is 31.1. The van der Waals surface area contributed by atoms with Gasteiger partial charge in [0.1, 0.15) is 17.9 Å². The van der Waals surface area contributed by atoms with E-state index in [0.717, 1.165) is 4.57 Å². The van der Waals surface area contributed by atoms with Crippen molar-refractivity contribution in [1.29, 1.82) is 0 Å². The smallest absolute Gasteiger partial charge is 0.352 e. The Kier molecular flexibility index (Phi) is 6.27. The number of hydrogen-bond acceptors (Lipinski definition) is 9. The van der Waals surface area contributed by atoms with Crippen molar-refractivity contribution in [2.75, 3.05) is 12.3 Å². The van der Waals surface area contributed by atoms with E-state index in [2.05, 4.69) is 4.98 Å². The number of aliphatic hydroxyl groups excluding tert-OH is 2. The molecular weight excluding hydrogens is 420 g/mol. The standard InChI is InChI=1S/C21H28N4O7/c1-20(2,3)17(12-7-5-6-8-13(12)25(29)30)31-15-10-24(19(28)23-18(15)22)21(4)9-14(27)16(11-26)32-21/h5-8,10,14,16-17,26-27H,9,11H2,1-4H3,(H2,22,23,28)/t14-,16+,17+,21+/m0/s1. The summed E-state index contributed by atoms with van der Waals surface area (Å²) in [4.78, 5) is 27.5. The molecule has 0 amide bonds. The monoisotopic (exact) mass is 448 g/mol. The highest BCUT2D eigenvalue weighted by Crippen LogP contribution is 2.42. The SMILES string of the molecule is CC(C)(C)[C@H](Oc1cn([C@@]2(C)C[C@H](O)[C@@H](CO)O2)c(=O)nc1N)c1ccccc1[N+](=O)[O-]. The van der Waals surface area contributed by atoms with Crippen molar-refractivity contribution in [3.63, 3.8) is 0 Å². The van der Waals surface area contributed by atoms with Crippen molar-refractivity contribution in [3.8, 4) is 5.75 Å². The third-order valence-electron chi connectivity index (χ3n) is 5.48. The quantitative estimate of drug-likeness (QED) is 0.441. The van der Waals surface area contributed by atoms with E-state index >= 15 is 0 Å². The Bertz CT molecular complexity index is 1060. The fourth-order valence-electron chi connectivity index (χ4n) is 3.88. The van der Waals surface area contributed by atoms with Gasteiger partial charge in [0.25, 0.3) is 5.69 Å². The summed E-state index contributed by atoms with van der Waals surface area (Å²) in [7, 11) is 0. The maximum absolute atomic E-state index is 12.6. The summed E-state index contributed by atoms with van der Waals surface area (Å²) >= 11 is 0. The van der Waals surface area contributed by atoms with Crippen molar-refractivity contribution in [2.45, 2.75) is 58.2 Å². The summed E-state index contributed by atoms with van der Waals surface area (Å²) in [5.74, 6) is -0.144. The summed E-state index contributed by atoms with van der Waals surface area (Å²) in [6, 6.07) is 6.25. The molecule has 0 saturated carbocycles. The number of ether oxygens (including phenoxy) is 2. The van der Waals surface area contributed by atoms with Crippen LogP contribution in [0.3, 0.4) is 0 Å². The lowest BCUT2D eigenvalue weighted by Gasteiger charge is -2.32. The van der Waals surface area contributed by atoms with Crippen LogP contribution in [0.2, 0.25) is 0 Å². The highest BCUT2D eigenvalue weighted by molar-refractivity contribution is 5.46. The number of nitrogens with two attached hydrogens (primary N) is 1. The van der Waals surface area contributed by atoms with Crippen LogP contribution in [0.25, 0.3) is 0 Å². The number of nitrogen functional groups attached to an aromatic ring is 1. The molecule has 11 nitrogen and oxygen atoms in total. The number of anilines is 1. The van der Waals surface area contributed by atoms with Gasteiger partial charge in [-0.15, -0.1) is 0 Å². The summed E-state index contributed by atoms with van der Waals surface area (Å²) < 4.78 is 13.0. The van der Waals surface area contributed by atoms with E-state index in [1.807, 2.05) is 20.8 Å². The Balaban J connectivity index is 2.07. The molecule has 0 spiro atoms. The first-order valence-electron chi connectivity index (χ1n) is 10.1. The molecule has 2 heterocycles. The van der Waals surface area contributed by atoms with E-state index in [0.29, 0.717) is 5.56 Å². The molecule has 1 aromatic heterocycles. The number of nitro benzene ring substituents is 1. The predicted octanol–water partition coefficient (Wildman–Crippen LogP) is 1.71. The van der Waals surface area contributed by atoms with Gasteiger partial charge in [-0.3, -0.25) is 14.7 Å². The summed E-state index contributed by atoms with van der Waals surface area (Å²) in [5.41, 5.74) is 3.60. The number of aliphatic hydroxyl groups is 2. The lowest BCUT2D eigenvalue weighted by atomic mass is 9.84. The lowest BCUT2D eigenvalue weighted by molar-refractivity contribution is -0.386. The van der Waals surface area contributed by atoms with Gasteiger partial charge >= 0.3 is 5.69 Å². The second-order valence-electron chi connectivity index (χ2n) is 9.11. The average Bonchev–Trinajstić information content (AvgIpc) is 3.00. The molecule has 3 rings (SSSR count). The van der Waals surface area contributed by atoms with E-state index < -0.39 is 46.7 Å². The molecule has 0 radical (unpaired) electrons. The highest BCUT2D eigenvalue weighted by Gasteiger charge is 2.45. The van der Waals surface area contributed by atoms with Crippen molar-refractivity contribution in [1.82, 2.24) is 9.55 Å². The number of rotatable bonds is 6.